The molecule has 0 bridgehead atoms. The molecular weight excluding hydrogens is 394 g/mol. The van der Waals surface area contributed by atoms with E-state index in [4.69, 9.17) is 0 Å². The van der Waals surface area contributed by atoms with Gasteiger partial charge in [0.05, 0.1) is 0 Å². The molecule has 6 nitrogen and oxygen atoms in total. The van der Waals surface area contributed by atoms with E-state index in [-0.39, 0.29) is 23.9 Å². The van der Waals surface area contributed by atoms with Gasteiger partial charge in [-0.05, 0) is 30.3 Å². The predicted molar refractivity (Wildman–Crippen MR) is 93.0 cm³/mol. The van der Waals surface area contributed by atoms with Crippen LogP contribution < -0.4 is 0 Å². The summed E-state index contributed by atoms with van der Waals surface area (Å²) < 4.78 is 27.3. The quantitative estimate of drug-likeness (QED) is 0.776. The highest BCUT2D eigenvalue weighted by molar-refractivity contribution is 9.10. The summed E-state index contributed by atoms with van der Waals surface area (Å²) in [6, 6.07) is 10.3. The number of pyridine rings is 1. The van der Waals surface area contributed by atoms with Gasteiger partial charge in [-0.2, -0.15) is 4.31 Å². The molecule has 0 aliphatic carbocycles. The number of aromatic nitrogens is 1. The van der Waals surface area contributed by atoms with Crippen molar-refractivity contribution in [2.24, 2.45) is 0 Å². The lowest BCUT2D eigenvalue weighted by Crippen LogP contribution is -2.50. The first-order valence-electron chi connectivity index (χ1n) is 7.43. The van der Waals surface area contributed by atoms with Gasteiger partial charge >= 0.3 is 0 Å². The van der Waals surface area contributed by atoms with Crippen molar-refractivity contribution in [2.75, 3.05) is 26.2 Å². The van der Waals surface area contributed by atoms with Gasteiger partial charge in [-0.15, -0.1) is 0 Å². The zero-order valence-corrected chi connectivity index (χ0v) is 15.2. The lowest BCUT2D eigenvalue weighted by molar-refractivity contribution is 0.0698. The van der Waals surface area contributed by atoms with Gasteiger partial charge in [0, 0.05) is 48.6 Å². The molecule has 0 unspecified atom stereocenters. The maximum absolute atomic E-state index is 12.6. The largest absolute Gasteiger partial charge is 0.336 e. The number of hydrogen-bond acceptors (Lipinski definition) is 4. The number of halogens is 1. The van der Waals surface area contributed by atoms with Crippen LogP contribution in [-0.2, 0) is 10.0 Å². The second-order valence-electron chi connectivity index (χ2n) is 5.40. The number of nitrogens with zero attached hydrogens (tertiary/aromatic N) is 3. The highest BCUT2D eigenvalue weighted by Gasteiger charge is 2.30. The van der Waals surface area contributed by atoms with E-state index in [1.807, 2.05) is 6.07 Å². The maximum Gasteiger partial charge on any atom is 0.253 e. The molecule has 24 heavy (non-hydrogen) atoms. The molecule has 1 aliphatic heterocycles. The van der Waals surface area contributed by atoms with Crippen molar-refractivity contribution < 1.29 is 13.2 Å². The number of carbonyl (C=O) groups is 1. The van der Waals surface area contributed by atoms with Crippen molar-refractivity contribution in [1.82, 2.24) is 14.2 Å². The van der Waals surface area contributed by atoms with Gasteiger partial charge in [-0.25, -0.2) is 8.42 Å². The van der Waals surface area contributed by atoms with E-state index in [1.165, 1.54) is 22.8 Å². The molecule has 2 aromatic rings. The Morgan fingerprint density at radius 1 is 1.08 bits per heavy atom. The van der Waals surface area contributed by atoms with Crippen LogP contribution in [0.25, 0.3) is 0 Å². The maximum atomic E-state index is 12.6. The van der Waals surface area contributed by atoms with Crippen molar-refractivity contribution in [3.05, 3.63) is 58.8 Å². The molecule has 1 fully saturated rings. The molecule has 1 aromatic carbocycles. The summed E-state index contributed by atoms with van der Waals surface area (Å²) in [4.78, 5) is 18.2. The molecule has 2 heterocycles. The van der Waals surface area contributed by atoms with Crippen molar-refractivity contribution in [3.63, 3.8) is 0 Å². The van der Waals surface area contributed by atoms with Gasteiger partial charge in [0.2, 0.25) is 10.0 Å². The van der Waals surface area contributed by atoms with Crippen LogP contribution in [0.4, 0.5) is 0 Å². The second kappa shape index (κ2) is 7.00. The fourth-order valence-corrected chi connectivity index (χ4v) is 4.37. The molecule has 0 N–H and O–H groups in total. The van der Waals surface area contributed by atoms with Crippen LogP contribution in [-0.4, -0.2) is 54.7 Å². The van der Waals surface area contributed by atoms with E-state index in [2.05, 4.69) is 20.9 Å². The Labute approximate surface area is 149 Å². The Bertz CT molecular complexity index is 835. The summed E-state index contributed by atoms with van der Waals surface area (Å²) in [5.74, 6) is -0.0882. The topological polar surface area (TPSA) is 70.6 Å². The van der Waals surface area contributed by atoms with Crippen molar-refractivity contribution in [3.8, 4) is 0 Å². The monoisotopic (exact) mass is 409 g/mol. The standard InChI is InChI=1S/C16H16BrN3O3S/c17-14-4-1-3-13(11-14)16(21)19-7-9-20(10-8-19)24(22,23)15-5-2-6-18-12-15/h1-6,11-12H,7-10H2. The number of sulfonamides is 1. The highest BCUT2D eigenvalue weighted by atomic mass is 79.9. The number of piperazine rings is 1. The van der Waals surface area contributed by atoms with E-state index in [0.717, 1.165) is 4.47 Å². The predicted octanol–water partition coefficient (Wildman–Crippen LogP) is 1.99. The first kappa shape index (κ1) is 17.1. The number of benzene rings is 1. The van der Waals surface area contributed by atoms with Gasteiger partial charge < -0.3 is 4.90 Å². The average molecular weight is 410 g/mol. The molecule has 1 aliphatic rings. The molecule has 1 amide bonds. The van der Waals surface area contributed by atoms with E-state index in [1.54, 1.807) is 29.2 Å². The number of carbonyl (C=O) groups excluding carboxylic acids is 1. The smallest absolute Gasteiger partial charge is 0.253 e. The molecule has 8 heteroatoms. The number of rotatable bonds is 3. The Hall–Kier alpha value is -1.77. The van der Waals surface area contributed by atoms with E-state index < -0.39 is 10.0 Å². The minimum absolute atomic E-state index is 0.0882. The molecule has 3 rings (SSSR count). The molecule has 0 atom stereocenters. The van der Waals surface area contributed by atoms with Crippen LogP contribution in [0.15, 0.2) is 58.2 Å². The van der Waals surface area contributed by atoms with Crippen LogP contribution >= 0.6 is 15.9 Å². The molecular formula is C16H16BrN3O3S. The third-order valence-electron chi connectivity index (χ3n) is 3.87. The van der Waals surface area contributed by atoms with Gasteiger partial charge in [0.25, 0.3) is 5.91 Å². The molecule has 126 valence electrons. The van der Waals surface area contributed by atoms with E-state index in [0.29, 0.717) is 18.7 Å². The Kier molecular flexibility index (Phi) is 4.98. The molecule has 0 radical (unpaired) electrons. The molecule has 0 saturated carbocycles. The van der Waals surface area contributed by atoms with Crippen LogP contribution in [0.2, 0.25) is 0 Å². The summed E-state index contributed by atoms with van der Waals surface area (Å²) in [6.45, 7) is 1.28. The van der Waals surface area contributed by atoms with E-state index in [9.17, 15) is 13.2 Å². The summed E-state index contributed by atoms with van der Waals surface area (Å²) in [6.07, 6.45) is 2.88. The third kappa shape index (κ3) is 3.50. The van der Waals surface area contributed by atoms with E-state index >= 15 is 0 Å². The number of hydrogen-bond donors (Lipinski definition) is 0. The molecule has 0 spiro atoms. The van der Waals surface area contributed by atoms with Crippen molar-refractivity contribution >= 4 is 31.9 Å². The first-order chi connectivity index (χ1) is 11.5. The Balaban J connectivity index is 1.69. The van der Waals surface area contributed by atoms with Crippen LogP contribution in [0.5, 0.6) is 0 Å². The normalized spacial score (nSPS) is 16.1. The van der Waals surface area contributed by atoms with Crippen LogP contribution in [0.1, 0.15) is 10.4 Å². The fourth-order valence-electron chi connectivity index (χ4n) is 2.58. The Morgan fingerprint density at radius 2 is 1.83 bits per heavy atom. The van der Waals surface area contributed by atoms with Crippen LogP contribution in [0, 0.1) is 0 Å². The van der Waals surface area contributed by atoms with Gasteiger partial charge in [0.15, 0.2) is 0 Å². The summed E-state index contributed by atoms with van der Waals surface area (Å²) in [5.41, 5.74) is 0.591. The zero-order chi connectivity index (χ0) is 17.2. The van der Waals surface area contributed by atoms with Crippen molar-refractivity contribution in [1.29, 1.82) is 0 Å². The lowest BCUT2D eigenvalue weighted by Gasteiger charge is -2.34. The molecule has 1 saturated heterocycles. The van der Waals surface area contributed by atoms with Gasteiger partial charge in [0.1, 0.15) is 4.90 Å². The second-order valence-corrected chi connectivity index (χ2v) is 8.25. The van der Waals surface area contributed by atoms with Crippen LogP contribution in [0.3, 0.4) is 0 Å². The molecule has 1 aromatic heterocycles. The minimum Gasteiger partial charge on any atom is -0.336 e. The fraction of sp³-hybridized carbons (Fsp3) is 0.250. The first-order valence-corrected chi connectivity index (χ1v) is 9.67. The van der Waals surface area contributed by atoms with Gasteiger partial charge in [-0.1, -0.05) is 22.0 Å². The van der Waals surface area contributed by atoms with Gasteiger partial charge in [-0.3, -0.25) is 9.78 Å². The zero-order valence-electron chi connectivity index (χ0n) is 12.8. The third-order valence-corrected chi connectivity index (χ3v) is 6.25. The SMILES string of the molecule is O=C(c1cccc(Br)c1)N1CCN(S(=O)(=O)c2cccnc2)CC1. The minimum atomic E-state index is -3.56. The number of amides is 1. The highest BCUT2D eigenvalue weighted by Crippen LogP contribution is 2.18. The lowest BCUT2D eigenvalue weighted by atomic mass is 10.2. The Morgan fingerprint density at radius 3 is 2.46 bits per heavy atom. The summed E-state index contributed by atoms with van der Waals surface area (Å²) in [5, 5.41) is 0. The van der Waals surface area contributed by atoms with Crippen molar-refractivity contribution in [2.45, 2.75) is 4.90 Å². The summed E-state index contributed by atoms with van der Waals surface area (Å²) in [7, 11) is -3.56. The summed E-state index contributed by atoms with van der Waals surface area (Å²) >= 11 is 3.35. The average Bonchev–Trinajstić information content (AvgIpc) is 2.62.